The fourth-order valence-corrected chi connectivity index (χ4v) is 1.95. The Bertz CT molecular complexity index is 647. The zero-order valence-electron chi connectivity index (χ0n) is 12.2. The topological polar surface area (TPSA) is 117 Å². The van der Waals surface area contributed by atoms with Crippen molar-refractivity contribution in [1.29, 1.82) is 0 Å². The van der Waals surface area contributed by atoms with Crippen molar-refractivity contribution in [2.45, 2.75) is 12.8 Å². The monoisotopic (exact) mass is 316 g/mol. The van der Waals surface area contributed by atoms with E-state index < -0.39 is 5.23 Å². The molecule has 2 aromatic carbocycles. The molecular formula is C15H16N4O4-2. The molecule has 0 saturated carbocycles. The van der Waals surface area contributed by atoms with Gasteiger partial charge in [0.25, 0.3) is 0 Å². The Morgan fingerprint density at radius 1 is 1.09 bits per heavy atom. The van der Waals surface area contributed by atoms with E-state index in [4.69, 9.17) is 10.4 Å². The first-order chi connectivity index (χ1) is 11.1. The highest BCUT2D eigenvalue weighted by Gasteiger charge is 2.07. The van der Waals surface area contributed by atoms with Crippen molar-refractivity contribution in [1.82, 2.24) is 0 Å². The van der Waals surface area contributed by atoms with E-state index in [9.17, 15) is 10.4 Å². The van der Waals surface area contributed by atoms with Crippen molar-refractivity contribution >= 4 is 23.3 Å². The SMILES string of the molecule is [O-]N([O-])c1ccc(NN=CCCc2ccccc2)c(N(O)O)c1. The molecule has 0 aliphatic heterocycles. The van der Waals surface area contributed by atoms with Crippen LogP contribution in [0.4, 0.5) is 17.1 Å². The normalized spacial score (nSPS) is 10.8. The molecule has 0 aliphatic rings. The Kier molecular flexibility index (Phi) is 5.89. The molecule has 8 nitrogen and oxygen atoms in total. The summed E-state index contributed by atoms with van der Waals surface area (Å²) in [4.78, 5) is 0. The summed E-state index contributed by atoms with van der Waals surface area (Å²) >= 11 is 0. The van der Waals surface area contributed by atoms with Crippen molar-refractivity contribution in [3.8, 4) is 0 Å². The number of rotatable bonds is 7. The van der Waals surface area contributed by atoms with E-state index in [0.717, 1.165) is 12.5 Å². The first-order valence-electron chi connectivity index (χ1n) is 6.85. The van der Waals surface area contributed by atoms with Gasteiger partial charge in [0.2, 0.25) is 0 Å². The molecule has 2 aromatic rings. The third-order valence-corrected chi connectivity index (χ3v) is 3.09. The van der Waals surface area contributed by atoms with E-state index >= 15 is 0 Å². The minimum atomic E-state index is -0.625. The van der Waals surface area contributed by atoms with E-state index in [1.165, 1.54) is 17.7 Å². The summed E-state index contributed by atoms with van der Waals surface area (Å²) in [6, 6.07) is 13.5. The first kappa shape index (κ1) is 16.7. The predicted molar refractivity (Wildman–Crippen MR) is 88.6 cm³/mol. The van der Waals surface area contributed by atoms with Gasteiger partial charge in [-0.2, -0.15) is 5.10 Å². The molecule has 3 N–H and O–H groups in total. The smallest absolute Gasteiger partial charge is 0.121 e. The first-order valence-corrected chi connectivity index (χ1v) is 6.85. The molecule has 0 unspecified atom stereocenters. The minimum absolute atomic E-state index is 0.167. The maximum atomic E-state index is 10.7. The molecule has 23 heavy (non-hydrogen) atoms. The molecule has 0 saturated heterocycles. The molecule has 0 radical (unpaired) electrons. The molecule has 0 heterocycles. The Labute approximate surface area is 133 Å². The van der Waals surface area contributed by atoms with Gasteiger partial charge in [0, 0.05) is 11.9 Å². The van der Waals surface area contributed by atoms with Crippen LogP contribution in [-0.4, -0.2) is 16.6 Å². The number of aryl methyl sites for hydroxylation is 1. The van der Waals surface area contributed by atoms with Crippen LogP contribution >= 0.6 is 0 Å². The molecule has 0 atom stereocenters. The van der Waals surface area contributed by atoms with Crippen LogP contribution in [0.1, 0.15) is 12.0 Å². The Balaban J connectivity index is 1.95. The van der Waals surface area contributed by atoms with Crippen LogP contribution in [0.5, 0.6) is 0 Å². The third-order valence-electron chi connectivity index (χ3n) is 3.09. The average Bonchev–Trinajstić information content (AvgIpc) is 2.55. The maximum absolute atomic E-state index is 10.7. The number of hydrazone groups is 1. The minimum Gasteiger partial charge on any atom is -0.769 e. The summed E-state index contributed by atoms with van der Waals surface area (Å²) in [5.41, 5.74) is 3.63. The van der Waals surface area contributed by atoms with Crippen molar-refractivity contribution in [2.75, 3.05) is 15.9 Å². The lowest BCUT2D eigenvalue weighted by Crippen LogP contribution is -2.14. The Hall–Kier alpha value is -2.65. The summed E-state index contributed by atoms with van der Waals surface area (Å²) in [6.07, 6.45) is 3.17. The fraction of sp³-hybridized carbons (Fsp3) is 0.133. The molecule has 0 aliphatic carbocycles. The standard InChI is InChI=1S/C15H16N4O4/c20-18(21)13-8-9-14(15(11-13)19(22)23)17-16-10-4-7-12-5-2-1-3-6-12/h1-3,5-6,8-11,17,22-23H,4,7H2/q-2. The van der Waals surface area contributed by atoms with Gasteiger partial charge in [0.15, 0.2) is 0 Å². The molecule has 0 spiro atoms. The fourth-order valence-electron chi connectivity index (χ4n) is 1.95. The summed E-state index contributed by atoms with van der Waals surface area (Å²) < 4.78 is 0. The second-order valence-electron chi connectivity index (χ2n) is 4.70. The van der Waals surface area contributed by atoms with Gasteiger partial charge in [0.05, 0.1) is 5.69 Å². The van der Waals surface area contributed by atoms with Gasteiger partial charge in [-0.05, 0) is 36.6 Å². The van der Waals surface area contributed by atoms with Gasteiger partial charge >= 0.3 is 0 Å². The molecule has 0 amide bonds. The van der Waals surface area contributed by atoms with Crippen LogP contribution in [-0.2, 0) is 6.42 Å². The highest BCUT2D eigenvalue weighted by Crippen LogP contribution is 2.29. The number of hydrogen-bond donors (Lipinski definition) is 3. The van der Waals surface area contributed by atoms with E-state index in [2.05, 4.69) is 10.5 Å². The quantitative estimate of drug-likeness (QED) is 0.530. The molecule has 0 aromatic heterocycles. The lowest BCUT2D eigenvalue weighted by atomic mass is 10.1. The van der Waals surface area contributed by atoms with Crippen LogP contribution in [0.15, 0.2) is 53.6 Å². The van der Waals surface area contributed by atoms with E-state index in [1.54, 1.807) is 6.21 Å². The van der Waals surface area contributed by atoms with E-state index in [1.807, 2.05) is 30.3 Å². The van der Waals surface area contributed by atoms with Gasteiger partial charge in [-0.3, -0.25) is 15.8 Å². The number of nitrogens with one attached hydrogen (secondary N) is 1. The van der Waals surface area contributed by atoms with Crippen LogP contribution in [0.2, 0.25) is 0 Å². The molecule has 8 heteroatoms. The largest absolute Gasteiger partial charge is 0.769 e. The average molecular weight is 316 g/mol. The van der Waals surface area contributed by atoms with Crippen LogP contribution < -0.4 is 15.9 Å². The third kappa shape index (κ3) is 4.94. The molecule has 2 rings (SSSR count). The molecule has 0 fully saturated rings. The van der Waals surface area contributed by atoms with E-state index in [0.29, 0.717) is 6.42 Å². The lowest BCUT2D eigenvalue weighted by Gasteiger charge is -2.37. The molecule has 0 bridgehead atoms. The number of anilines is 3. The van der Waals surface area contributed by atoms with Crippen LogP contribution in [0.3, 0.4) is 0 Å². The maximum Gasteiger partial charge on any atom is 0.121 e. The van der Waals surface area contributed by atoms with Gasteiger partial charge in [-0.15, -0.1) is 5.23 Å². The Morgan fingerprint density at radius 3 is 2.48 bits per heavy atom. The van der Waals surface area contributed by atoms with Gasteiger partial charge in [0.1, 0.15) is 5.69 Å². The predicted octanol–water partition coefficient (Wildman–Crippen LogP) is 3.10. The summed E-state index contributed by atoms with van der Waals surface area (Å²) in [7, 11) is 0. The summed E-state index contributed by atoms with van der Waals surface area (Å²) in [5, 5.41) is 42.8. The van der Waals surface area contributed by atoms with Crippen molar-refractivity contribution in [2.24, 2.45) is 5.10 Å². The highest BCUT2D eigenvalue weighted by molar-refractivity contribution is 5.74. The van der Waals surface area contributed by atoms with Crippen molar-refractivity contribution in [3.05, 3.63) is 64.5 Å². The van der Waals surface area contributed by atoms with Crippen LogP contribution in [0.25, 0.3) is 0 Å². The Morgan fingerprint density at radius 2 is 1.83 bits per heavy atom. The van der Waals surface area contributed by atoms with Crippen molar-refractivity contribution < 1.29 is 10.4 Å². The van der Waals surface area contributed by atoms with Gasteiger partial charge < -0.3 is 15.6 Å². The zero-order chi connectivity index (χ0) is 16.7. The molecule has 122 valence electrons. The summed E-state index contributed by atoms with van der Waals surface area (Å²) in [6.45, 7) is 0. The van der Waals surface area contributed by atoms with Crippen LogP contribution in [0, 0.1) is 10.4 Å². The number of hydrogen-bond acceptors (Lipinski definition) is 8. The lowest BCUT2D eigenvalue weighted by molar-refractivity contribution is 0.0295. The second kappa shape index (κ2) is 8.11. The second-order valence-corrected chi connectivity index (χ2v) is 4.70. The van der Waals surface area contributed by atoms with Crippen molar-refractivity contribution in [3.63, 3.8) is 0 Å². The molecular weight excluding hydrogens is 300 g/mol. The number of benzene rings is 2. The van der Waals surface area contributed by atoms with E-state index in [-0.39, 0.29) is 22.3 Å². The number of nitrogens with zero attached hydrogens (tertiary/aromatic N) is 3. The summed E-state index contributed by atoms with van der Waals surface area (Å²) in [5.74, 6) is 0. The van der Waals surface area contributed by atoms with Gasteiger partial charge in [-0.1, -0.05) is 30.3 Å². The zero-order valence-corrected chi connectivity index (χ0v) is 12.2. The van der Waals surface area contributed by atoms with Gasteiger partial charge in [-0.25, -0.2) is 0 Å². The highest BCUT2D eigenvalue weighted by atomic mass is 16.8.